The maximum absolute atomic E-state index is 6.00. The quantitative estimate of drug-likeness (QED) is 0.882. The Morgan fingerprint density at radius 2 is 1.95 bits per heavy atom. The largest absolute Gasteiger partial charge is 0.497 e. The molecule has 1 aliphatic heterocycles. The first-order valence-corrected chi connectivity index (χ1v) is 6.71. The van der Waals surface area contributed by atoms with Gasteiger partial charge in [0.15, 0.2) is 5.82 Å². The zero-order valence-corrected chi connectivity index (χ0v) is 12.3. The minimum atomic E-state index is -0.470. The summed E-state index contributed by atoms with van der Waals surface area (Å²) in [4.78, 5) is 8.14. The third-order valence-electron chi connectivity index (χ3n) is 3.63. The summed E-state index contributed by atoms with van der Waals surface area (Å²) in [7, 11) is 1.65. The number of nitrogens with zero attached hydrogens (tertiary/aromatic N) is 2. The van der Waals surface area contributed by atoms with Gasteiger partial charge in [-0.05, 0) is 31.5 Å². The monoisotopic (exact) mass is 286 g/mol. The van der Waals surface area contributed by atoms with Crippen molar-refractivity contribution in [3.05, 3.63) is 36.2 Å². The standard InChI is InChI=1S/C15H18N4O2/c1-15(2)12(9-4-6-10(20-3)7-5-9)19-11-13(16)17-8-18-14(11)21-15/h4-8,12,19H,1-3H3,(H2,16,17,18). The number of nitrogens with two attached hydrogens (primary N) is 1. The van der Waals surface area contributed by atoms with E-state index >= 15 is 0 Å². The molecule has 0 amide bonds. The number of benzene rings is 1. The van der Waals surface area contributed by atoms with Crippen LogP contribution in [0.5, 0.6) is 11.6 Å². The van der Waals surface area contributed by atoms with Gasteiger partial charge < -0.3 is 20.5 Å². The molecular formula is C15H18N4O2. The minimum absolute atomic E-state index is 0.0655. The van der Waals surface area contributed by atoms with Gasteiger partial charge >= 0.3 is 0 Å². The van der Waals surface area contributed by atoms with Gasteiger partial charge in [-0.2, -0.15) is 4.98 Å². The van der Waals surface area contributed by atoms with Crippen LogP contribution in [0, 0.1) is 0 Å². The van der Waals surface area contributed by atoms with Crippen molar-refractivity contribution >= 4 is 11.5 Å². The maximum Gasteiger partial charge on any atom is 0.243 e. The molecule has 3 rings (SSSR count). The fraction of sp³-hybridized carbons (Fsp3) is 0.333. The fourth-order valence-electron chi connectivity index (χ4n) is 2.50. The van der Waals surface area contributed by atoms with E-state index in [1.165, 1.54) is 6.33 Å². The predicted octanol–water partition coefficient (Wildman–Crippen LogP) is 2.39. The van der Waals surface area contributed by atoms with E-state index in [1.54, 1.807) is 7.11 Å². The van der Waals surface area contributed by atoms with Gasteiger partial charge in [0.2, 0.25) is 5.88 Å². The summed E-state index contributed by atoms with van der Waals surface area (Å²) in [6, 6.07) is 7.80. The number of ether oxygens (including phenoxy) is 2. The second-order valence-electron chi connectivity index (χ2n) is 5.50. The average molecular weight is 286 g/mol. The highest BCUT2D eigenvalue weighted by Crippen LogP contribution is 2.43. The molecule has 1 atom stereocenters. The molecule has 1 aromatic carbocycles. The zero-order chi connectivity index (χ0) is 15.0. The van der Waals surface area contributed by atoms with Crippen molar-refractivity contribution in [1.29, 1.82) is 0 Å². The second kappa shape index (κ2) is 4.80. The third-order valence-corrected chi connectivity index (χ3v) is 3.63. The number of hydrogen-bond donors (Lipinski definition) is 2. The molecule has 2 aromatic rings. The number of rotatable bonds is 2. The van der Waals surface area contributed by atoms with Gasteiger partial charge in [-0.25, -0.2) is 4.98 Å². The summed E-state index contributed by atoms with van der Waals surface area (Å²) in [6.07, 6.45) is 1.40. The Labute approximate surface area is 123 Å². The summed E-state index contributed by atoms with van der Waals surface area (Å²) in [6.45, 7) is 4.02. The fourth-order valence-corrected chi connectivity index (χ4v) is 2.50. The number of hydrogen-bond acceptors (Lipinski definition) is 6. The SMILES string of the molecule is COc1ccc(C2Nc3c(N)ncnc3OC2(C)C)cc1. The molecule has 0 aliphatic carbocycles. The van der Waals surface area contributed by atoms with Crippen molar-refractivity contribution in [2.75, 3.05) is 18.2 Å². The molecule has 6 heteroatoms. The Morgan fingerprint density at radius 1 is 1.24 bits per heavy atom. The molecule has 1 aromatic heterocycles. The van der Waals surface area contributed by atoms with Gasteiger partial charge in [0.05, 0.1) is 13.2 Å². The van der Waals surface area contributed by atoms with E-state index in [4.69, 9.17) is 15.2 Å². The molecule has 0 radical (unpaired) electrons. The second-order valence-corrected chi connectivity index (χ2v) is 5.50. The highest BCUT2D eigenvalue weighted by atomic mass is 16.5. The molecule has 2 heterocycles. The third kappa shape index (κ3) is 2.33. The van der Waals surface area contributed by atoms with Crippen LogP contribution in [-0.2, 0) is 0 Å². The van der Waals surface area contributed by atoms with Crippen LogP contribution in [0.15, 0.2) is 30.6 Å². The normalized spacial score (nSPS) is 19.1. The lowest BCUT2D eigenvalue weighted by Crippen LogP contribution is -2.44. The van der Waals surface area contributed by atoms with E-state index in [9.17, 15) is 0 Å². The lowest BCUT2D eigenvalue weighted by molar-refractivity contribution is 0.0722. The molecule has 0 saturated heterocycles. The van der Waals surface area contributed by atoms with Gasteiger partial charge in [0.1, 0.15) is 23.4 Å². The van der Waals surface area contributed by atoms with Crippen LogP contribution in [0.4, 0.5) is 11.5 Å². The van der Waals surface area contributed by atoms with E-state index < -0.39 is 5.60 Å². The molecule has 0 fully saturated rings. The molecule has 110 valence electrons. The van der Waals surface area contributed by atoms with E-state index in [0.717, 1.165) is 11.3 Å². The number of nitrogen functional groups attached to an aromatic ring is 1. The van der Waals surface area contributed by atoms with Crippen molar-refractivity contribution in [2.24, 2.45) is 0 Å². The van der Waals surface area contributed by atoms with Crippen molar-refractivity contribution < 1.29 is 9.47 Å². The Hall–Kier alpha value is -2.50. The van der Waals surface area contributed by atoms with Gasteiger partial charge in [-0.3, -0.25) is 0 Å². The van der Waals surface area contributed by atoms with Crippen LogP contribution in [-0.4, -0.2) is 22.7 Å². The number of aromatic nitrogens is 2. The van der Waals surface area contributed by atoms with Crippen molar-refractivity contribution in [1.82, 2.24) is 9.97 Å². The van der Waals surface area contributed by atoms with Crippen LogP contribution in [0.3, 0.4) is 0 Å². The van der Waals surface area contributed by atoms with Crippen LogP contribution in [0.25, 0.3) is 0 Å². The Morgan fingerprint density at radius 3 is 2.62 bits per heavy atom. The molecule has 0 bridgehead atoms. The van der Waals surface area contributed by atoms with Crippen molar-refractivity contribution in [3.63, 3.8) is 0 Å². The summed E-state index contributed by atoms with van der Waals surface area (Å²) >= 11 is 0. The summed E-state index contributed by atoms with van der Waals surface area (Å²) in [5.41, 5.74) is 7.15. The first-order chi connectivity index (χ1) is 10.0. The Kier molecular flexibility index (Phi) is 3.08. The van der Waals surface area contributed by atoms with Gasteiger partial charge in [0.25, 0.3) is 0 Å². The van der Waals surface area contributed by atoms with Crippen molar-refractivity contribution in [3.8, 4) is 11.6 Å². The average Bonchev–Trinajstić information content (AvgIpc) is 2.46. The Bertz CT molecular complexity index is 655. The molecule has 0 spiro atoms. The highest BCUT2D eigenvalue weighted by molar-refractivity contribution is 5.69. The van der Waals surface area contributed by atoms with Crippen LogP contribution in [0.2, 0.25) is 0 Å². The molecular weight excluding hydrogens is 268 g/mol. The zero-order valence-electron chi connectivity index (χ0n) is 12.3. The maximum atomic E-state index is 6.00. The number of fused-ring (bicyclic) bond motifs is 1. The predicted molar refractivity (Wildman–Crippen MR) is 80.5 cm³/mol. The van der Waals surface area contributed by atoms with Crippen LogP contribution < -0.4 is 20.5 Å². The molecule has 1 aliphatic rings. The summed E-state index contributed by atoms with van der Waals surface area (Å²) < 4.78 is 11.2. The van der Waals surface area contributed by atoms with Gasteiger partial charge in [0, 0.05) is 0 Å². The lowest BCUT2D eigenvalue weighted by atomic mass is 9.90. The van der Waals surface area contributed by atoms with E-state index in [0.29, 0.717) is 17.4 Å². The van der Waals surface area contributed by atoms with E-state index in [1.807, 2.05) is 38.1 Å². The van der Waals surface area contributed by atoms with E-state index in [-0.39, 0.29) is 6.04 Å². The first kappa shape index (κ1) is 13.5. The molecule has 6 nitrogen and oxygen atoms in total. The highest BCUT2D eigenvalue weighted by Gasteiger charge is 2.39. The van der Waals surface area contributed by atoms with Gasteiger partial charge in [-0.15, -0.1) is 0 Å². The van der Waals surface area contributed by atoms with Crippen molar-refractivity contribution in [2.45, 2.75) is 25.5 Å². The van der Waals surface area contributed by atoms with Gasteiger partial charge in [-0.1, -0.05) is 12.1 Å². The summed E-state index contributed by atoms with van der Waals surface area (Å²) in [5.74, 6) is 1.68. The lowest BCUT2D eigenvalue weighted by Gasteiger charge is -2.40. The van der Waals surface area contributed by atoms with Crippen LogP contribution >= 0.6 is 0 Å². The molecule has 0 saturated carbocycles. The molecule has 3 N–H and O–H groups in total. The first-order valence-electron chi connectivity index (χ1n) is 6.71. The van der Waals surface area contributed by atoms with E-state index in [2.05, 4.69) is 15.3 Å². The number of anilines is 2. The number of nitrogens with one attached hydrogen (secondary N) is 1. The van der Waals surface area contributed by atoms with Crippen LogP contribution in [0.1, 0.15) is 25.5 Å². The minimum Gasteiger partial charge on any atom is -0.497 e. The smallest absolute Gasteiger partial charge is 0.243 e. The molecule has 21 heavy (non-hydrogen) atoms. The Balaban J connectivity index is 2.00. The molecule has 1 unspecified atom stereocenters. The summed E-state index contributed by atoms with van der Waals surface area (Å²) in [5, 5.41) is 3.39. The topological polar surface area (TPSA) is 82.3 Å². The number of methoxy groups -OCH3 is 1.